The van der Waals surface area contributed by atoms with Crippen LogP contribution in [0, 0.1) is 6.92 Å². The number of halogens is 2. The first kappa shape index (κ1) is 20.5. The predicted molar refractivity (Wildman–Crippen MR) is 112 cm³/mol. The standard InChI is InChI=1S/C17H20ClN5O2.HI/c1-11-3-5-15(25-11)14(24)8-21-17(19-2)20-7-13-10-23-9-12(18)4-6-16(23)22-13;/h3-6,9-10,14,24H,7-8H2,1-2H3,(H2,19,20,21);1H. The maximum Gasteiger partial charge on any atom is 0.191 e. The van der Waals surface area contributed by atoms with Crippen molar-refractivity contribution in [3.63, 3.8) is 0 Å². The van der Waals surface area contributed by atoms with Gasteiger partial charge in [0.25, 0.3) is 0 Å². The molecule has 0 aliphatic heterocycles. The van der Waals surface area contributed by atoms with Crippen LogP contribution in [0.15, 0.2) is 46.1 Å². The largest absolute Gasteiger partial charge is 0.464 e. The fraction of sp³-hybridized carbons (Fsp3) is 0.294. The molecule has 1 atom stereocenters. The van der Waals surface area contributed by atoms with E-state index in [1.54, 1.807) is 19.2 Å². The first-order valence-electron chi connectivity index (χ1n) is 7.87. The van der Waals surface area contributed by atoms with Crippen molar-refractivity contribution < 1.29 is 9.52 Å². The molecule has 0 aliphatic rings. The number of aliphatic hydroxyl groups is 1. The van der Waals surface area contributed by atoms with E-state index < -0.39 is 6.10 Å². The minimum Gasteiger partial charge on any atom is -0.464 e. The summed E-state index contributed by atoms with van der Waals surface area (Å²) in [5.74, 6) is 1.86. The molecule has 0 fully saturated rings. The minimum absolute atomic E-state index is 0. The molecule has 0 amide bonds. The van der Waals surface area contributed by atoms with Gasteiger partial charge in [0, 0.05) is 19.4 Å². The van der Waals surface area contributed by atoms with Gasteiger partial charge in [-0.25, -0.2) is 4.98 Å². The van der Waals surface area contributed by atoms with Crippen LogP contribution in [0.2, 0.25) is 5.02 Å². The van der Waals surface area contributed by atoms with Gasteiger partial charge >= 0.3 is 0 Å². The van der Waals surface area contributed by atoms with Gasteiger partial charge in [-0.3, -0.25) is 4.99 Å². The highest BCUT2D eigenvalue weighted by Gasteiger charge is 2.12. The fourth-order valence-electron chi connectivity index (χ4n) is 2.42. The van der Waals surface area contributed by atoms with E-state index in [4.69, 9.17) is 16.0 Å². The van der Waals surface area contributed by atoms with Gasteiger partial charge in [-0.2, -0.15) is 0 Å². The first-order valence-corrected chi connectivity index (χ1v) is 8.25. The molecule has 0 aliphatic carbocycles. The molecule has 3 heterocycles. The minimum atomic E-state index is -0.746. The van der Waals surface area contributed by atoms with Gasteiger partial charge in [0.1, 0.15) is 23.3 Å². The summed E-state index contributed by atoms with van der Waals surface area (Å²) in [4.78, 5) is 8.64. The zero-order valence-electron chi connectivity index (χ0n) is 14.4. The molecule has 26 heavy (non-hydrogen) atoms. The molecule has 3 rings (SSSR count). The highest BCUT2D eigenvalue weighted by Crippen LogP contribution is 2.15. The Morgan fingerprint density at radius 3 is 2.81 bits per heavy atom. The van der Waals surface area contributed by atoms with E-state index >= 15 is 0 Å². The maximum atomic E-state index is 10.1. The number of aliphatic imine (C=N–C) groups is 1. The van der Waals surface area contributed by atoms with Crippen molar-refractivity contribution in [2.45, 2.75) is 19.6 Å². The zero-order chi connectivity index (χ0) is 17.8. The van der Waals surface area contributed by atoms with E-state index in [0.29, 0.717) is 23.3 Å². The number of aliphatic hydroxyl groups excluding tert-OH is 1. The van der Waals surface area contributed by atoms with E-state index in [1.807, 2.05) is 35.9 Å². The maximum absolute atomic E-state index is 10.1. The quantitative estimate of drug-likeness (QED) is 0.291. The molecule has 3 aromatic rings. The van der Waals surface area contributed by atoms with Gasteiger partial charge in [0.05, 0.1) is 23.8 Å². The van der Waals surface area contributed by atoms with Gasteiger partial charge in [-0.05, 0) is 31.2 Å². The van der Waals surface area contributed by atoms with Crippen molar-refractivity contribution in [1.82, 2.24) is 20.0 Å². The lowest BCUT2D eigenvalue weighted by molar-refractivity contribution is 0.151. The first-order chi connectivity index (χ1) is 12.0. The summed E-state index contributed by atoms with van der Waals surface area (Å²) in [6.07, 6.45) is 2.97. The molecular formula is C17H21ClIN5O2. The fourth-order valence-corrected chi connectivity index (χ4v) is 2.59. The Morgan fingerprint density at radius 1 is 1.31 bits per heavy atom. The highest BCUT2D eigenvalue weighted by atomic mass is 127. The van der Waals surface area contributed by atoms with E-state index in [-0.39, 0.29) is 30.5 Å². The molecule has 1 unspecified atom stereocenters. The van der Waals surface area contributed by atoms with Gasteiger partial charge in [0.15, 0.2) is 5.96 Å². The van der Waals surface area contributed by atoms with Crippen molar-refractivity contribution in [2.24, 2.45) is 4.99 Å². The molecule has 0 spiro atoms. The zero-order valence-corrected chi connectivity index (χ0v) is 17.5. The summed E-state index contributed by atoms with van der Waals surface area (Å²) >= 11 is 5.98. The number of aryl methyl sites for hydroxylation is 1. The number of nitrogens with zero attached hydrogens (tertiary/aromatic N) is 3. The summed E-state index contributed by atoms with van der Waals surface area (Å²) in [5.41, 5.74) is 1.68. The molecule has 0 aromatic carbocycles. The van der Waals surface area contributed by atoms with Crippen LogP contribution in [0.5, 0.6) is 0 Å². The summed E-state index contributed by atoms with van der Waals surface area (Å²) in [6.45, 7) is 2.62. The molecule has 3 N–H and O–H groups in total. The van der Waals surface area contributed by atoms with E-state index in [9.17, 15) is 5.11 Å². The Bertz CT molecular complexity index is 892. The van der Waals surface area contributed by atoms with Crippen LogP contribution >= 0.6 is 35.6 Å². The van der Waals surface area contributed by atoms with Crippen LogP contribution in [-0.4, -0.2) is 34.0 Å². The normalized spacial score (nSPS) is 12.7. The van der Waals surface area contributed by atoms with Crippen LogP contribution in [0.4, 0.5) is 0 Å². The van der Waals surface area contributed by atoms with Gasteiger partial charge in [-0.15, -0.1) is 24.0 Å². The Hall–Kier alpha value is -1.78. The number of pyridine rings is 1. The second-order valence-electron chi connectivity index (χ2n) is 5.62. The Morgan fingerprint density at radius 2 is 2.12 bits per heavy atom. The van der Waals surface area contributed by atoms with Gasteiger partial charge in [-0.1, -0.05) is 11.6 Å². The van der Waals surface area contributed by atoms with Crippen LogP contribution < -0.4 is 10.6 Å². The SMILES string of the molecule is CN=C(NCc1cn2cc(Cl)ccc2n1)NCC(O)c1ccc(C)o1.I. The number of fused-ring (bicyclic) bond motifs is 1. The lowest BCUT2D eigenvalue weighted by Gasteiger charge is -2.13. The molecule has 3 aromatic heterocycles. The Kier molecular flexibility index (Phi) is 7.30. The van der Waals surface area contributed by atoms with Crippen LogP contribution in [-0.2, 0) is 6.54 Å². The smallest absolute Gasteiger partial charge is 0.191 e. The second kappa shape index (κ2) is 9.24. The lowest BCUT2D eigenvalue weighted by atomic mass is 10.3. The van der Waals surface area contributed by atoms with Crippen LogP contribution in [0.3, 0.4) is 0 Å². The molecule has 140 valence electrons. The highest BCUT2D eigenvalue weighted by molar-refractivity contribution is 14.0. The molecule has 7 nitrogen and oxygen atoms in total. The van der Waals surface area contributed by atoms with Crippen molar-refractivity contribution >= 4 is 47.2 Å². The Labute approximate surface area is 173 Å². The number of imidazole rings is 1. The van der Waals surface area contributed by atoms with Crippen molar-refractivity contribution in [2.75, 3.05) is 13.6 Å². The van der Waals surface area contributed by atoms with E-state index in [2.05, 4.69) is 20.6 Å². The number of rotatable bonds is 5. The number of furan rings is 1. The summed E-state index contributed by atoms with van der Waals surface area (Å²) < 4.78 is 7.28. The topological polar surface area (TPSA) is 87.1 Å². The number of hydrogen-bond acceptors (Lipinski definition) is 4. The monoisotopic (exact) mass is 489 g/mol. The summed E-state index contributed by atoms with van der Waals surface area (Å²) in [7, 11) is 1.67. The summed E-state index contributed by atoms with van der Waals surface area (Å²) in [6, 6.07) is 7.25. The third kappa shape index (κ3) is 5.12. The van der Waals surface area contributed by atoms with Crippen molar-refractivity contribution in [3.05, 3.63) is 58.9 Å². The third-order valence-electron chi connectivity index (χ3n) is 3.68. The van der Waals surface area contributed by atoms with E-state index in [1.165, 1.54) is 0 Å². The molecule has 0 bridgehead atoms. The second-order valence-corrected chi connectivity index (χ2v) is 6.05. The molecule has 0 saturated heterocycles. The van der Waals surface area contributed by atoms with Crippen molar-refractivity contribution in [1.29, 1.82) is 0 Å². The number of aromatic nitrogens is 2. The lowest BCUT2D eigenvalue weighted by Crippen LogP contribution is -2.39. The average Bonchev–Trinajstić information content (AvgIpc) is 3.20. The third-order valence-corrected chi connectivity index (χ3v) is 3.90. The summed E-state index contributed by atoms with van der Waals surface area (Å²) in [5, 5.41) is 17.0. The number of hydrogen-bond donors (Lipinski definition) is 3. The molecular weight excluding hydrogens is 469 g/mol. The predicted octanol–water partition coefficient (Wildman–Crippen LogP) is 2.91. The average molecular weight is 490 g/mol. The van der Waals surface area contributed by atoms with Crippen molar-refractivity contribution in [3.8, 4) is 0 Å². The van der Waals surface area contributed by atoms with Crippen LogP contribution in [0.1, 0.15) is 23.3 Å². The molecule has 0 saturated carbocycles. The molecule has 0 radical (unpaired) electrons. The van der Waals surface area contributed by atoms with Crippen LogP contribution in [0.25, 0.3) is 5.65 Å². The number of guanidine groups is 1. The van der Waals surface area contributed by atoms with E-state index in [0.717, 1.165) is 17.1 Å². The van der Waals surface area contributed by atoms with Gasteiger partial charge in [0.2, 0.25) is 0 Å². The number of nitrogens with one attached hydrogen (secondary N) is 2. The van der Waals surface area contributed by atoms with Gasteiger partial charge < -0.3 is 24.6 Å². The Balaban J connectivity index is 0.00000243. The molecule has 9 heteroatoms.